The van der Waals surface area contributed by atoms with Crippen LogP contribution in [0.1, 0.15) is 32.4 Å². The summed E-state index contributed by atoms with van der Waals surface area (Å²) in [6.07, 6.45) is 2.49. The lowest BCUT2D eigenvalue weighted by molar-refractivity contribution is 0.0684. The fourth-order valence-electron chi connectivity index (χ4n) is 1.49. The van der Waals surface area contributed by atoms with Gasteiger partial charge in [0, 0.05) is 13.3 Å². The molecule has 0 saturated heterocycles. The summed E-state index contributed by atoms with van der Waals surface area (Å²) < 4.78 is 9.75. The minimum Gasteiger partial charge on any atom is -0.476 e. The van der Waals surface area contributed by atoms with Gasteiger partial charge in [-0.05, 0) is 12.1 Å². The lowest BCUT2D eigenvalue weighted by Gasteiger charge is -2.04. The first-order valence-electron chi connectivity index (χ1n) is 5.30. The maximum Gasteiger partial charge on any atom is 0.355 e. The second kappa shape index (κ2) is 5.40. The van der Waals surface area contributed by atoms with E-state index in [9.17, 15) is 9.59 Å². The molecule has 2 heterocycles. The van der Waals surface area contributed by atoms with Gasteiger partial charge in [-0.1, -0.05) is 0 Å². The molecule has 0 fully saturated rings. The number of methoxy groups -OCH3 is 1. The van der Waals surface area contributed by atoms with Crippen LogP contribution in [-0.2, 0) is 11.3 Å². The molecule has 1 N–H and O–H groups in total. The first-order valence-corrected chi connectivity index (χ1v) is 5.30. The molecule has 0 radical (unpaired) electrons. The maximum atomic E-state index is 12.0. The van der Waals surface area contributed by atoms with Gasteiger partial charge in [-0.3, -0.25) is 4.79 Å². The van der Waals surface area contributed by atoms with Crippen LogP contribution in [-0.4, -0.2) is 33.9 Å². The number of carboxylic acids is 1. The van der Waals surface area contributed by atoms with E-state index in [1.807, 2.05) is 0 Å². The summed E-state index contributed by atoms with van der Waals surface area (Å²) in [6.45, 7) is 0.0650. The molecular formula is C12H10N2O5. The Morgan fingerprint density at radius 2 is 2.26 bits per heavy atom. The van der Waals surface area contributed by atoms with E-state index in [1.165, 1.54) is 25.5 Å². The molecule has 2 rings (SSSR count). The van der Waals surface area contributed by atoms with Crippen molar-refractivity contribution in [2.75, 3.05) is 7.11 Å². The van der Waals surface area contributed by atoms with Crippen molar-refractivity contribution in [3.05, 3.63) is 47.4 Å². The molecule has 0 atom stereocenters. The van der Waals surface area contributed by atoms with Gasteiger partial charge in [0.25, 0.3) is 0 Å². The Morgan fingerprint density at radius 1 is 1.47 bits per heavy atom. The number of aromatic nitrogens is 2. The number of hydrogen-bond donors (Lipinski definition) is 1. The normalized spacial score (nSPS) is 10.4. The number of aromatic carboxylic acids is 1. The number of carbonyl (C=O) groups is 2. The van der Waals surface area contributed by atoms with Crippen molar-refractivity contribution in [1.82, 2.24) is 9.97 Å². The third kappa shape index (κ3) is 2.66. The number of carboxylic acid groups (broad SMARTS) is 1. The molecule has 2 aromatic heterocycles. The standard InChI is InChI=1S/C12H10N2O5/c1-18-6-9-13-5-7(10(14-9)12(16)17)11(15)8-3-2-4-19-8/h2-5H,6H2,1H3,(H,16,17). The predicted octanol–water partition coefficient (Wildman–Crippen LogP) is 1.15. The molecule has 2 aromatic rings. The maximum absolute atomic E-state index is 12.0. The fraction of sp³-hybridized carbons (Fsp3) is 0.167. The van der Waals surface area contributed by atoms with E-state index in [0.717, 1.165) is 6.20 Å². The largest absolute Gasteiger partial charge is 0.476 e. The Kier molecular flexibility index (Phi) is 3.67. The molecule has 19 heavy (non-hydrogen) atoms. The Morgan fingerprint density at radius 3 is 2.84 bits per heavy atom. The van der Waals surface area contributed by atoms with Crippen molar-refractivity contribution in [3.8, 4) is 0 Å². The van der Waals surface area contributed by atoms with E-state index in [1.54, 1.807) is 0 Å². The molecule has 0 saturated carbocycles. The summed E-state index contributed by atoms with van der Waals surface area (Å²) in [5.41, 5.74) is -0.495. The van der Waals surface area contributed by atoms with Gasteiger partial charge in [0.2, 0.25) is 5.78 Å². The highest BCUT2D eigenvalue weighted by Gasteiger charge is 2.22. The predicted molar refractivity (Wildman–Crippen MR) is 61.8 cm³/mol. The number of ether oxygens (including phenoxy) is 1. The molecule has 0 aliphatic carbocycles. The van der Waals surface area contributed by atoms with Crippen LogP contribution >= 0.6 is 0 Å². The number of nitrogens with zero attached hydrogens (tertiary/aromatic N) is 2. The summed E-state index contributed by atoms with van der Waals surface area (Å²) in [5, 5.41) is 9.09. The summed E-state index contributed by atoms with van der Waals surface area (Å²) in [7, 11) is 1.44. The van der Waals surface area contributed by atoms with E-state index < -0.39 is 11.8 Å². The monoisotopic (exact) mass is 262 g/mol. The molecule has 7 heteroatoms. The van der Waals surface area contributed by atoms with Crippen LogP contribution in [0.5, 0.6) is 0 Å². The van der Waals surface area contributed by atoms with E-state index in [-0.39, 0.29) is 29.4 Å². The highest BCUT2D eigenvalue weighted by atomic mass is 16.5. The number of hydrogen-bond acceptors (Lipinski definition) is 6. The second-order valence-corrected chi connectivity index (χ2v) is 3.59. The molecule has 0 amide bonds. The minimum atomic E-state index is -1.31. The summed E-state index contributed by atoms with van der Waals surface area (Å²) in [4.78, 5) is 30.8. The summed E-state index contributed by atoms with van der Waals surface area (Å²) in [5.74, 6) is -1.66. The second-order valence-electron chi connectivity index (χ2n) is 3.59. The molecule has 0 aliphatic rings. The van der Waals surface area contributed by atoms with Gasteiger partial charge >= 0.3 is 5.97 Å². The van der Waals surface area contributed by atoms with Gasteiger partial charge in [-0.2, -0.15) is 0 Å². The van der Waals surface area contributed by atoms with Crippen molar-refractivity contribution in [2.24, 2.45) is 0 Å². The highest BCUT2D eigenvalue weighted by Crippen LogP contribution is 2.13. The number of ketones is 1. The molecule has 7 nitrogen and oxygen atoms in total. The molecule has 0 unspecified atom stereocenters. The van der Waals surface area contributed by atoms with Crippen LogP contribution in [0.3, 0.4) is 0 Å². The highest BCUT2D eigenvalue weighted by molar-refractivity contribution is 6.11. The van der Waals surface area contributed by atoms with Crippen molar-refractivity contribution < 1.29 is 23.8 Å². The zero-order valence-electron chi connectivity index (χ0n) is 9.99. The zero-order chi connectivity index (χ0) is 13.8. The van der Waals surface area contributed by atoms with Gasteiger partial charge in [0.05, 0.1) is 11.8 Å². The van der Waals surface area contributed by atoms with Crippen LogP contribution in [0.25, 0.3) is 0 Å². The van der Waals surface area contributed by atoms with Gasteiger partial charge in [0.1, 0.15) is 6.61 Å². The molecule has 98 valence electrons. The van der Waals surface area contributed by atoms with Gasteiger partial charge < -0.3 is 14.3 Å². The minimum absolute atomic E-state index is 0.0330. The van der Waals surface area contributed by atoms with Gasteiger partial charge in [0.15, 0.2) is 17.3 Å². The Bertz CT molecular complexity index is 607. The molecular weight excluding hydrogens is 252 g/mol. The van der Waals surface area contributed by atoms with Gasteiger partial charge in [-0.15, -0.1) is 0 Å². The van der Waals surface area contributed by atoms with Crippen molar-refractivity contribution in [2.45, 2.75) is 6.61 Å². The van der Waals surface area contributed by atoms with Crippen molar-refractivity contribution in [1.29, 1.82) is 0 Å². The van der Waals surface area contributed by atoms with Crippen LogP contribution in [0, 0.1) is 0 Å². The fourth-order valence-corrected chi connectivity index (χ4v) is 1.49. The third-order valence-electron chi connectivity index (χ3n) is 2.30. The van der Waals surface area contributed by atoms with Crippen molar-refractivity contribution in [3.63, 3.8) is 0 Å². The topological polar surface area (TPSA) is 103 Å². The summed E-state index contributed by atoms with van der Waals surface area (Å²) >= 11 is 0. The van der Waals surface area contributed by atoms with E-state index >= 15 is 0 Å². The zero-order valence-corrected chi connectivity index (χ0v) is 9.99. The lowest BCUT2D eigenvalue weighted by atomic mass is 10.1. The Labute approximate surface area is 107 Å². The molecule has 0 aromatic carbocycles. The third-order valence-corrected chi connectivity index (χ3v) is 2.30. The van der Waals surface area contributed by atoms with Crippen molar-refractivity contribution >= 4 is 11.8 Å². The number of rotatable bonds is 5. The molecule has 0 bridgehead atoms. The van der Waals surface area contributed by atoms with Crippen LogP contribution in [0.15, 0.2) is 29.0 Å². The first kappa shape index (κ1) is 12.9. The van der Waals surface area contributed by atoms with Crippen LogP contribution < -0.4 is 0 Å². The Balaban J connectivity index is 2.45. The van der Waals surface area contributed by atoms with Crippen LogP contribution in [0.4, 0.5) is 0 Å². The Hall–Kier alpha value is -2.54. The average Bonchev–Trinajstić information content (AvgIpc) is 2.92. The molecule has 0 spiro atoms. The average molecular weight is 262 g/mol. The van der Waals surface area contributed by atoms with Crippen LogP contribution in [0.2, 0.25) is 0 Å². The smallest absolute Gasteiger partial charge is 0.355 e. The lowest BCUT2D eigenvalue weighted by Crippen LogP contribution is -2.14. The number of furan rings is 1. The molecule has 0 aliphatic heterocycles. The SMILES string of the molecule is COCc1ncc(C(=O)c2ccco2)c(C(=O)O)n1. The van der Waals surface area contributed by atoms with Gasteiger partial charge in [-0.25, -0.2) is 14.8 Å². The van der Waals surface area contributed by atoms with E-state index in [0.29, 0.717) is 0 Å². The summed E-state index contributed by atoms with van der Waals surface area (Å²) in [6, 6.07) is 2.98. The van der Waals surface area contributed by atoms with E-state index in [4.69, 9.17) is 14.3 Å². The van der Waals surface area contributed by atoms with E-state index in [2.05, 4.69) is 9.97 Å². The first-order chi connectivity index (χ1) is 9.13. The quantitative estimate of drug-likeness (QED) is 0.806. The number of carbonyl (C=O) groups excluding carboxylic acids is 1.